The van der Waals surface area contributed by atoms with Crippen molar-refractivity contribution in [3.63, 3.8) is 0 Å². The molecule has 0 radical (unpaired) electrons. The van der Waals surface area contributed by atoms with E-state index in [-0.39, 0.29) is 0 Å². The minimum Gasteiger partial charge on any atom is -0.263 e. The first-order chi connectivity index (χ1) is 16.6. The first-order valence-electron chi connectivity index (χ1n) is 10.1. The predicted molar refractivity (Wildman–Crippen MR) is 132 cm³/mol. The Labute approximate surface area is 201 Å². The summed E-state index contributed by atoms with van der Waals surface area (Å²) in [6, 6.07) is 29.3. The molecule has 0 fully saturated rings. The van der Waals surface area contributed by atoms with Gasteiger partial charge in [-0.1, -0.05) is 72.8 Å². The predicted octanol–water partition coefficient (Wildman–Crippen LogP) is 4.73. The fourth-order valence-corrected chi connectivity index (χ4v) is 4.54. The average Bonchev–Trinajstić information content (AvgIpc) is 2.82. The molecule has 0 saturated carbocycles. The minimum absolute atomic E-state index is 0.946. The van der Waals surface area contributed by atoms with Crippen molar-refractivity contribution in [1.29, 1.82) is 0 Å². The molecule has 0 bridgehead atoms. The lowest BCUT2D eigenvalue weighted by Crippen LogP contribution is -2.10. The summed E-state index contributed by atoms with van der Waals surface area (Å²) in [7, 11) is -10.2. The second-order valence-electron chi connectivity index (χ2n) is 7.23. The van der Waals surface area contributed by atoms with Crippen LogP contribution in [0.15, 0.2) is 97.3 Å². The molecule has 0 aliphatic carbocycles. The Bertz CT molecular complexity index is 1580. The largest absolute Gasteiger partial charge is 0.413 e. The summed E-state index contributed by atoms with van der Waals surface area (Å²) < 4.78 is 55.6. The summed E-state index contributed by atoms with van der Waals surface area (Å²) >= 11 is 0. The van der Waals surface area contributed by atoms with Crippen LogP contribution in [0.5, 0.6) is 0 Å². The summed E-state index contributed by atoms with van der Waals surface area (Å²) in [6.45, 7) is 0. The molecule has 5 aromatic rings. The zero-order chi connectivity index (χ0) is 25.1. The molecule has 5 rings (SSSR count). The fourth-order valence-electron chi connectivity index (χ4n) is 3.68. The second-order valence-corrected chi connectivity index (χ2v) is 9.49. The maximum absolute atomic E-state index is 9.44. The van der Waals surface area contributed by atoms with E-state index in [9.17, 15) is 16.8 Å². The Morgan fingerprint density at radius 3 is 1.23 bits per heavy atom. The molecular weight excluding hydrogens is 492 g/mol. The summed E-state index contributed by atoms with van der Waals surface area (Å²) in [5, 5.41) is 2.26. The highest BCUT2D eigenvalue weighted by molar-refractivity contribution is 7.94. The first-order valence-corrected chi connectivity index (χ1v) is 12.8. The maximum atomic E-state index is 9.44. The zero-order valence-electron chi connectivity index (χ0n) is 17.9. The fraction of sp³-hybridized carbons (Fsp3) is 0. The van der Waals surface area contributed by atoms with Crippen LogP contribution >= 0.6 is 0 Å². The molecule has 178 valence electrons. The van der Waals surface area contributed by atoms with E-state index in [0.717, 1.165) is 21.8 Å². The lowest BCUT2D eigenvalue weighted by Gasteiger charge is -2.11. The summed E-state index contributed by atoms with van der Waals surface area (Å²) in [6.07, 6.45) is 3.75. The SMILES string of the molecule is O=S(=O)(O)OS(=O)(=O)O.c1ccc(-c2ccnc3c2ccc2c(-c4ccccc4)ccnc23)cc1. The highest BCUT2D eigenvalue weighted by Crippen LogP contribution is 2.34. The molecule has 2 N–H and O–H groups in total. The number of pyridine rings is 2. The molecule has 2 heterocycles. The highest BCUT2D eigenvalue weighted by atomic mass is 32.3. The molecule has 0 unspecified atom stereocenters. The number of benzene rings is 3. The van der Waals surface area contributed by atoms with Crippen molar-refractivity contribution in [1.82, 2.24) is 9.97 Å². The van der Waals surface area contributed by atoms with E-state index in [1.165, 1.54) is 22.3 Å². The van der Waals surface area contributed by atoms with Crippen LogP contribution in [-0.2, 0) is 24.4 Å². The van der Waals surface area contributed by atoms with Crippen LogP contribution in [0.25, 0.3) is 44.1 Å². The van der Waals surface area contributed by atoms with Crippen molar-refractivity contribution in [2.45, 2.75) is 0 Å². The summed E-state index contributed by atoms with van der Waals surface area (Å²) in [5.41, 5.74) is 6.65. The Morgan fingerprint density at radius 1 is 0.543 bits per heavy atom. The lowest BCUT2D eigenvalue weighted by atomic mass is 9.97. The smallest absolute Gasteiger partial charge is 0.263 e. The van der Waals surface area contributed by atoms with Crippen LogP contribution in [-0.4, -0.2) is 35.9 Å². The van der Waals surface area contributed by atoms with Gasteiger partial charge >= 0.3 is 20.8 Å². The molecule has 0 atom stereocenters. The van der Waals surface area contributed by atoms with Gasteiger partial charge in [0, 0.05) is 23.2 Å². The molecule has 0 saturated heterocycles. The van der Waals surface area contributed by atoms with Crippen molar-refractivity contribution in [2.24, 2.45) is 0 Å². The topological polar surface area (TPSA) is 144 Å². The monoisotopic (exact) mass is 510 g/mol. The Balaban J connectivity index is 0.000000277. The van der Waals surface area contributed by atoms with Crippen molar-refractivity contribution >= 4 is 42.6 Å². The van der Waals surface area contributed by atoms with Gasteiger partial charge in [-0.3, -0.25) is 19.1 Å². The van der Waals surface area contributed by atoms with E-state index < -0.39 is 20.8 Å². The minimum atomic E-state index is -5.12. The third kappa shape index (κ3) is 6.04. The van der Waals surface area contributed by atoms with Crippen LogP contribution < -0.4 is 0 Å². The van der Waals surface area contributed by atoms with Gasteiger partial charge in [0.15, 0.2) is 0 Å². The maximum Gasteiger partial charge on any atom is 0.413 e. The average molecular weight is 511 g/mol. The van der Waals surface area contributed by atoms with Gasteiger partial charge in [0.25, 0.3) is 0 Å². The van der Waals surface area contributed by atoms with Crippen LogP contribution in [0.3, 0.4) is 0 Å². The summed E-state index contributed by atoms with van der Waals surface area (Å²) in [4.78, 5) is 9.34. The standard InChI is InChI=1S/C24H16N2.H2O7S2/c1-3-7-17(8-4-1)19-13-15-25-23-21(19)11-12-22-20(14-16-26-24(22)23)18-9-5-2-6-10-18;1-8(2,3)7-9(4,5)6/h1-16H;(H,1,2,3)(H,4,5,6). The van der Waals surface area contributed by atoms with Crippen molar-refractivity contribution in [3.8, 4) is 22.3 Å². The van der Waals surface area contributed by atoms with Crippen LogP contribution in [0.1, 0.15) is 0 Å². The van der Waals surface area contributed by atoms with Gasteiger partial charge in [0.1, 0.15) is 0 Å². The Kier molecular flexibility index (Phi) is 6.87. The lowest BCUT2D eigenvalue weighted by molar-refractivity contribution is 0.344. The Morgan fingerprint density at radius 2 is 0.914 bits per heavy atom. The number of fused-ring (bicyclic) bond motifs is 3. The third-order valence-electron chi connectivity index (χ3n) is 4.96. The number of hydrogen-bond donors (Lipinski definition) is 2. The molecule has 3 aromatic carbocycles. The molecule has 9 nitrogen and oxygen atoms in total. The van der Waals surface area contributed by atoms with Crippen LogP contribution in [0.4, 0.5) is 0 Å². The van der Waals surface area contributed by atoms with Gasteiger partial charge in [-0.2, -0.15) is 16.8 Å². The van der Waals surface area contributed by atoms with Crippen molar-refractivity contribution in [3.05, 3.63) is 97.3 Å². The van der Waals surface area contributed by atoms with Crippen LogP contribution in [0.2, 0.25) is 0 Å². The quantitative estimate of drug-likeness (QED) is 0.259. The van der Waals surface area contributed by atoms with Crippen molar-refractivity contribution < 1.29 is 29.6 Å². The molecular formula is C24H18N2O7S2. The van der Waals surface area contributed by atoms with E-state index >= 15 is 0 Å². The number of hydrogen-bond acceptors (Lipinski definition) is 7. The van der Waals surface area contributed by atoms with Gasteiger partial charge in [-0.25, -0.2) is 0 Å². The molecule has 0 amide bonds. The van der Waals surface area contributed by atoms with Gasteiger partial charge < -0.3 is 0 Å². The molecule has 2 aromatic heterocycles. The number of rotatable bonds is 4. The molecule has 0 aliphatic heterocycles. The summed E-state index contributed by atoms with van der Waals surface area (Å²) in [5.74, 6) is 0. The molecule has 0 spiro atoms. The second kappa shape index (κ2) is 9.86. The molecule has 35 heavy (non-hydrogen) atoms. The number of nitrogens with zero attached hydrogens (tertiary/aromatic N) is 2. The normalized spacial score (nSPS) is 11.7. The zero-order valence-corrected chi connectivity index (χ0v) is 19.5. The van der Waals surface area contributed by atoms with E-state index in [0.29, 0.717) is 0 Å². The number of aromatic nitrogens is 2. The van der Waals surface area contributed by atoms with E-state index in [4.69, 9.17) is 9.11 Å². The van der Waals surface area contributed by atoms with E-state index in [2.05, 4.69) is 86.4 Å². The Hall–Kier alpha value is -3.74. The highest BCUT2D eigenvalue weighted by Gasteiger charge is 2.16. The van der Waals surface area contributed by atoms with Crippen molar-refractivity contribution in [2.75, 3.05) is 0 Å². The molecule has 11 heteroatoms. The van der Waals surface area contributed by atoms with Gasteiger partial charge in [0.05, 0.1) is 11.0 Å². The van der Waals surface area contributed by atoms with E-state index in [1.807, 2.05) is 24.5 Å². The molecule has 0 aliphatic rings. The van der Waals surface area contributed by atoms with Gasteiger partial charge in [-0.15, -0.1) is 3.63 Å². The third-order valence-corrected chi connectivity index (χ3v) is 6.34. The van der Waals surface area contributed by atoms with E-state index in [1.54, 1.807) is 0 Å². The van der Waals surface area contributed by atoms with Gasteiger partial charge in [-0.05, 0) is 34.4 Å². The van der Waals surface area contributed by atoms with Gasteiger partial charge in [0.2, 0.25) is 0 Å². The van der Waals surface area contributed by atoms with Crippen LogP contribution in [0, 0.1) is 0 Å². The first kappa shape index (κ1) is 24.4.